The Morgan fingerprint density at radius 3 is 1.83 bits per heavy atom. The molecule has 0 aliphatic heterocycles. The van der Waals surface area contributed by atoms with Gasteiger partial charge < -0.3 is 5.32 Å². The molecule has 0 spiro atoms. The van der Waals surface area contributed by atoms with Crippen molar-refractivity contribution in [3.05, 3.63) is 35.4 Å². The Balaban J connectivity index is 2.58. The number of benzene rings is 1. The number of hydrogen-bond acceptors (Lipinski definition) is 1. The molecule has 0 fully saturated rings. The van der Waals surface area contributed by atoms with Gasteiger partial charge in [-0.15, -0.1) is 0 Å². The molecular weight excluding hydrogens is 218 g/mol. The Labute approximate surface area is 113 Å². The second-order valence-corrected chi connectivity index (χ2v) is 7.11. The van der Waals surface area contributed by atoms with Crippen LogP contribution in [0.4, 0.5) is 0 Å². The van der Waals surface area contributed by atoms with Crippen molar-refractivity contribution < 1.29 is 0 Å². The standard InChI is InChI=1S/C17H29N/c1-7-14-8-10-15(11-9-14)12-17(5,6)13-18-16(2,3)4/h8-11,18H,7,12-13H2,1-6H3. The molecule has 0 amide bonds. The van der Waals surface area contributed by atoms with Gasteiger partial charge in [0.1, 0.15) is 0 Å². The van der Waals surface area contributed by atoms with Gasteiger partial charge in [-0.05, 0) is 50.2 Å². The van der Waals surface area contributed by atoms with Crippen LogP contribution in [0.1, 0.15) is 52.7 Å². The predicted molar refractivity (Wildman–Crippen MR) is 81.1 cm³/mol. The molecule has 0 atom stereocenters. The molecule has 1 N–H and O–H groups in total. The third kappa shape index (κ3) is 5.68. The molecule has 0 heterocycles. The van der Waals surface area contributed by atoms with Crippen LogP contribution >= 0.6 is 0 Å². The average molecular weight is 247 g/mol. The summed E-state index contributed by atoms with van der Waals surface area (Å²) < 4.78 is 0. The van der Waals surface area contributed by atoms with Gasteiger partial charge in [-0.1, -0.05) is 45.0 Å². The van der Waals surface area contributed by atoms with Gasteiger partial charge in [0.05, 0.1) is 0 Å². The molecule has 0 saturated heterocycles. The fourth-order valence-corrected chi connectivity index (χ4v) is 2.01. The predicted octanol–water partition coefficient (Wildman–Crippen LogP) is 4.21. The van der Waals surface area contributed by atoms with Gasteiger partial charge in [0.25, 0.3) is 0 Å². The summed E-state index contributed by atoms with van der Waals surface area (Å²) in [6.45, 7) is 14.6. The Morgan fingerprint density at radius 2 is 1.39 bits per heavy atom. The highest BCUT2D eigenvalue weighted by Gasteiger charge is 2.21. The third-order valence-electron chi connectivity index (χ3n) is 3.21. The maximum atomic E-state index is 3.60. The number of aryl methyl sites for hydroxylation is 1. The first-order chi connectivity index (χ1) is 8.22. The molecule has 0 radical (unpaired) electrons. The summed E-state index contributed by atoms with van der Waals surface area (Å²) in [7, 11) is 0. The van der Waals surface area contributed by atoms with Gasteiger partial charge >= 0.3 is 0 Å². The maximum Gasteiger partial charge on any atom is 0.00967 e. The van der Waals surface area contributed by atoms with E-state index in [0.29, 0.717) is 5.41 Å². The highest BCUT2D eigenvalue weighted by Crippen LogP contribution is 2.22. The quantitative estimate of drug-likeness (QED) is 0.822. The summed E-state index contributed by atoms with van der Waals surface area (Å²) in [6.07, 6.45) is 2.25. The molecule has 0 aromatic heterocycles. The van der Waals surface area contributed by atoms with Crippen molar-refractivity contribution in [1.29, 1.82) is 0 Å². The number of nitrogens with one attached hydrogen (secondary N) is 1. The van der Waals surface area contributed by atoms with Crippen LogP contribution < -0.4 is 5.32 Å². The minimum absolute atomic E-state index is 0.198. The Hall–Kier alpha value is -0.820. The second-order valence-electron chi connectivity index (χ2n) is 7.11. The van der Waals surface area contributed by atoms with E-state index in [0.717, 1.165) is 19.4 Å². The molecule has 0 saturated carbocycles. The maximum absolute atomic E-state index is 3.60. The molecule has 1 heteroatoms. The van der Waals surface area contributed by atoms with Gasteiger partial charge in [0.15, 0.2) is 0 Å². The van der Waals surface area contributed by atoms with E-state index in [9.17, 15) is 0 Å². The highest BCUT2D eigenvalue weighted by atomic mass is 14.9. The average Bonchev–Trinajstić information content (AvgIpc) is 2.26. The van der Waals surface area contributed by atoms with E-state index in [1.165, 1.54) is 11.1 Å². The molecule has 1 aromatic carbocycles. The minimum Gasteiger partial charge on any atom is -0.312 e. The van der Waals surface area contributed by atoms with Crippen molar-refractivity contribution in [3.8, 4) is 0 Å². The van der Waals surface area contributed by atoms with Crippen LogP contribution in [0, 0.1) is 5.41 Å². The number of rotatable bonds is 5. The number of hydrogen-bond donors (Lipinski definition) is 1. The lowest BCUT2D eigenvalue weighted by molar-refractivity contribution is 0.289. The zero-order valence-corrected chi connectivity index (χ0v) is 12.9. The van der Waals surface area contributed by atoms with Crippen molar-refractivity contribution >= 4 is 0 Å². The van der Waals surface area contributed by atoms with Gasteiger partial charge in [-0.25, -0.2) is 0 Å². The summed E-state index contributed by atoms with van der Waals surface area (Å²) in [5.74, 6) is 0. The third-order valence-corrected chi connectivity index (χ3v) is 3.21. The van der Waals surface area contributed by atoms with Crippen LogP contribution in [0.15, 0.2) is 24.3 Å². The van der Waals surface area contributed by atoms with Gasteiger partial charge in [0, 0.05) is 12.1 Å². The van der Waals surface area contributed by atoms with Crippen LogP contribution in [0.5, 0.6) is 0 Å². The first kappa shape index (κ1) is 15.2. The minimum atomic E-state index is 0.198. The highest BCUT2D eigenvalue weighted by molar-refractivity contribution is 5.23. The molecule has 1 aromatic rings. The first-order valence-corrected chi connectivity index (χ1v) is 7.05. The van der Waals surface area contributed by atoms with E-state index in [1.807, 2.05) is 0 Å². The van der Waals surface area contributed by atoms with Crippen molar-refractivity contribution in [3.63, 3.8) is 0 Å². The van der Waals surface area contributed by atoms with Crippen molar-refractivity contribution in [1.82, 2.24) is 5.32 Å². The van der Waals surface area contributed by atoms with Gasteiger partial charge in [0.2, 0.25) is 0 Å². The molecule has 0 bridgehead atoms. The zero-order chi connectivity index (χ0) is 13.8. The van der Waals surface area contributed by atoms with Gasteiger partial charge in [-0.3, -0.25) is 0 Å². The topological polar surface area (TPSA) is 12.0 Å². The van der Waals surface area contributed by atoms with E-state index >= 15 is 0 Å². The van der Waals surface area contributed by atoms with Crippen LogP contribution in [0.3, 0.4) is 0 Å². The smallest absolute Gasteiger partial charge is 0.00967 e. The molecule has 102 valence electrons. The van der Waals surface area contributed by atoms with Gasteiger partial charge in [-0.2, -0.15) is 0 Å². The lowest BCUT2D eigenvalue weighted by atomic mass is 9.84. The largest absolute Gasteiger partial charge is 0.312 e. The summed E-state index contributed by atoms with van der Waals surface area (Å²) in [5.41, 5.74) is 3.35. The molecule has 0 aliphatic rings. The van der Waals surface area contributed by atoms with E-state index in [-0.39, 0.29) is 5.54 Å². The molecule has 0 unspecified atom stereocenters. The van der Waals surface area contributed by atoms with E-state index in [1.54, 1.807) is 0 Å². The Kier molecular flexibility index (Phi) is 4.98. The second kappa shape index (κ2) is 5.88. The Morgan fingerprint density at radius 1 is 0.889 bits per heavy atom. The summed E-state index contributed by atoms with van der Waals surface area (Å²) >= 11 is 0. The zero-order valence-electron chi connectivity index (χ0n) is 12.9. The van der Waals surface area contributed by atoms with Crippen molar-refractivity contribution in [2.75, 3.05) is 6.54 Å². The first-order valence-electron chi connectivity index (χ1n) is 7.05. The lowest BCUT2D eigenvalue weighted by Crippen LogP contribution is -2.42. The summed E-state index contributed by atoms with van der Waals surface area (Å²) in [6, 6.07) is 9.06. The van der Waals surface area contributed by atoms with E-state index in [4.69, 9.17) is 0 Å². The molecule has 1 nitrogen and oxygen atoms in total. The fourth-order valence-electron chi connectivity index (χ4n) is 2.01. The molecule has 0 aliphatic carbocycles. The Bertz CT molecular complexity index is 354. The van der Waals surface area contributed by atoms with E-state index in [2.05, 4.69) is 71.1 Å². The SMILES string of the molecule is CCc1ccc(CC(C)(C)CNC(C)(C)C)cc1. The molecule has 1 rings (SSSR count). The summed E-state index contributed by atoms with van der Waals surface area (Å²) in [4.78, 5) is 0. The summed E-state index contributed by atoms with van der Waals surface area (Å²) in [5, 5.41) is 3.60. The van der Waals surface area contributed by atoms with E-state index < -0.39 is 0 Å². The molecule has 18 heavy (non-hydrogen) atoms. The van der Waals surface area contributed by atoms with Crippen LogP contribution in [0.25, 0.3) is 0 Å². The van der Waals surface area contributed by atoms with Crippen LogP contribution in [0.2, 0.25) is 0 Å². The monoisotopic (exact) mass is 247 g/mol. The normalized spacial score (nSPS) is 12.8. The van der Waals surface area contributed by atoms with Crippen LogP contribution in [-0.2, 0) is 12.8 Å². The van der Waals surface area contributed by atoms with Crippen LogP contribution in [-0.4, -0.2) is 12.1 Å². The van der Waals surface area contributed by atoms with Crippen molar-refractivity contribution in [2.24, 2.45) is 5.41 Å². The lowest BCUT2D eigenvalue weighted by Gasteiger charge is -2.30. The fraction of sp³-hybridized carbons (Fsp3) is 0.647. The molecular formula is C17H29N. The van der Waals surface area contributed by atoms with Crippen molar-refractivity contribution in [2.45, 2.75) is 59.9 Å².